The van der Waals surface area contributed by atoms with Gasteiger partial charge in [-0.3, -0.25) is 0 Å². The molecule has 17 heavy (non-hydrogen) atoms. The molecule has 2 N–H and O–H groups in total. The minimum Gasteiger partial charge on any atom is -0.326 e. The van der Waals surface area contributed by atoms with E-state index in [9.17, 15) is 0 Å². The fourth-order valence-electron chi connectivity index (χ4n) is 1.59. The lowest BCUT2D eigenvalue weighted by molar-refractivity contribution is 0.537. The molecule has 2 aromatic heterocycles. The summed E-state index contributed by atoms with van der Waals surface area (Å²) in [7, 11) is 0. The van der Waals surface area contributed by atoms with Gasteiger partial charge in [-0.15, -0.1) is 0 Å². The van der Waals surface area contributed by atoms with Crippen molar-refractivity contribution in [1.29, 1.82) is 0 Å². The summed E-state index contributed by atoms with van der Waals surface area (Å²) < 4.78 is 1.76. The minimum absolute atomic E-state index is 0.00635. The zero-order valence-corrected chi connectivity index (χ0v) is 10.4. The van der Waals surface area contributed by atoms with Crippen molar-refractivity contribution in [2.45, 2.75) is 32.7 Å². The molecule has 2 aromatic rings. The van der Waals surface area contributed by atoms with E-state index in [-0.39, 0.29) is 5.41 Å². The van der Waals surface area contributed by atoms with E-state index in [1.54, 1.807) is 23.3 Å². The van der Waals surface area contributed by atoms with Crippen LogP contribution in [0.15, 0.2) is 24.7 Å². The third kappa shape index (κ3) is 2.34. The Morgan fingerprint density at radius 1 is 1.24 bits per heavy atom. The molecule has 0 saturated carbocycles. The maximum atomic E-state index is 5.52. The Bertz CT molecular complexity index is 492. The topological polar surface area (TPSA) is 69.6 Å². The first-order chi connectivity index (χ1) is 8.02. The van der Waals surface area contributed by atoms with Gasteiger partial charge < -0.3 is 5.73 Å². The summed E-state index contributed by atoms with van der Waals surface area (Å²) in [4.78, 5) is 8.55. The van der Waals surface area contributed by atoms with Gasteiger partial charge in [0, 0.05) is 36.1 Å². The second-order valence-corrected chi connectivity index (χ2v) is 4.97. The first kappa shape index (κ1) is 11.7. The molecular weight excluding hydrogens is 214 g/mol. The monoisotopic (exact) mass is 231 g/mol. The molecule has 2 rings (SSSR count). The SMILES string of the molecule is CC(C)(C)c1ccnn1-c1ncc(CN)cn1. The van der Waals surface area contributed by atoms with Crippen LogP contribution in [-0.4, -0.2) is 19.7 Å². The van der Waals surface area contributed by atoms with Crippen molar-refractivity contribution in [1.82, 2.24) is 19.7 Å². The predicted octanol–water partition coefficient (Wildman–Crippen LogP) is 1.42. The van der Waals surface area contributed by atoms with E-state index in [0.29, 0.717) is 12.5 Å². The second-order valence-electron chi connectivity index (χ2n) is 4.97. The van der Waals surface area contributed by atoms with Crippen LogP contribution in [0.1, 0.15) is 32.0 Å². The van der Waals surface area contributed by atoms with Crippen LogP contribution in [0.3, 0.4) is 0 Å². The van der Waals surface area contributed by atoms with Gasteiger partial charge in [0.15, 0.2) is 0 Å². The molecule has 0 saturated heterocycles. The predicted molar refractivity (Wildman–Crippen MR) is 65.7 cm³/mol. The highest BCUT2D eigenvalue weighted by Crippen LogP contribution is 2.22. The summed E-state index contributed by atoms with van der Waals surface area (Å²) in [6, 6.07) is 1.99. The first-order valence-electron chi connectivity index (χ1n) is 5.58. The summed E-state index contributed by atoms with van der Waals surface area (Å²) in [5, 5.41) is 4.27. The molecule has 0 aliphatic carbocycles. The minimum atomic E-state index is 0.00635. The Balaban J connectivity index is 2.43. The van der Waals surface area contributed by atoms with Crippen molar-refractivity contribution in [3.8, 4) is 5.95 Å². The lowest BCUT2D eigenvalue weighted by atomic mass is 9.92. The molecular formula is C12H17N5. The molecule has 0 spiro atoms. The molecule has 5 nitrogen and oxygen atoms in total. The molecule has 0 aliphatic heterocycles. The highest BCUT2D eigenvalue weighted by molar-refractivity contribution is 5.22. The number of aromatic nitrogens is 4. The largest absolute Gasteiger partial charge is 0.326 e. The third-order valence-electron chi connectivity index (χ3n) is 2.53. The lowest BCUT2D eigenvalue weighted by Gasteiger charge is -2.19. The average Bonchev–Trinajstić information content (AvgIpc) is 2.78. The van der Waals surface area contributed by atoms with Crippen LogP contribution in [0.25, 0.3) is 5.95 Å². The number of nitrogens with zero attached hydrogens (tertiary/aromatic N) is 4. The summed E-state index contributed by atoms with van der Waals surface area (Å²) in [5.74, 6) is 0.581. The van der Waals surface area contributed by atoms with Crippen molar-refractivity contribution >= 4 is 0 Å². The maximum Gasteiger partial charge on any atom is 0.250 e. The Morgan fingerprint density at radius 3 is 2.41 bits per heavy atom. The summed E-state index contributed by atoms with van der Waals surface area (Å²) in [6.07, 6.45) is 5.23. The molecule has 0 aliphatic rings. The smallest absolute Gasteiger partial charge is 0.250 e. The molecule has 0 fully saturated rings. The van der Waals surface area contributed by atoms with Crippen molar-refractivity contribution < 1.29 is 0 Å². The summed E-state index contributed by atoms with van der Waals surface area (Å²) >= 11 is 0. The highest BCUT2D eigenvalue weighted by atomic mass is 15.3. The molecule has 0 unspecified atom stereocenters. The zero-order valence-electron chi connectivity index (χ0n) is 10.4. The Labute approximate surface area is 101 Å². The molecule has 0 amide bonds. The van der Waals surface area contributed by atoms with Gasteiger partial charge in [-0.05, 0) is 6.07 Å². The van der Waals surface area contributed by atoms with Crippen LogP contribution in [-0.2, 0) is 12.0 Å². The van der Waals surface area contributed by atoms with Crippen molar-refractivity contribution in [3.05, 3.63) is 35.9 Å². The fraction of sp³-hybridized carbons (Fsp3) is 0.417. The molecule has 0 radical (unpaired) electrons. The van der Waals surface area contributed by atoms with Crippen LogP contribution in [0.5, 0.6) is 0 Å². The van der Waals surface area contributed by atoms with E-state index in [2.05, 4.69) is 35.8 Å². The van der Waals surface area contributed by atoms with Crippen LogP contribution in [0, 0.1) is 0 Å². The van der Waals surface area contributed by atoms with E-state index < -0.39 is 0 Å². The first-order valence-corrected chi connectivity index (χ1v) is 5.58. The van der Waals surface area contributed by atoms with Gasteiger partial charge in [0.25, 0.3) is 5.95 Å². The Morgan fingerprint density at radius 2 is 1.88 bits per heavy atom. The van der Waals surface area contributed by atoms with Crippen LogP contribution < -0.4 is 5.73 Å². The molecule has 2 heterocycles. The second kappa shape index (κ2) is 4.25. The van der Waals surface area contributed by atoms with Crippen molar-refractivity contribution in [2.75, 3.05) is 0 Å². The number of nitrogens with two attached hydrogens (primary N) is 1. The zero-order chi connectivity index (χ0) is 12.5. The van der Waals surface area contributed by atoms with Gasteiger partial charge >= 0.3 is 0 Å². The van der Waals surface area contributed by atoms with Crippen molar-refractivity contribution in [3.63, 3.8) is 0 Å². The maximum absolute atomic E-state index is 5.52. The van der Waals surface area contributed by atoms with Gasteiger partial charge in [-0.25, -0.2) is 14.6 Å². The number of rotatable bonds is 2. The Kier molecular flexibility index (Phi) is 2.93. The molecule has 90 valence electrons. The average molecular weight is 231 g/mol. The van der Waals surface area contributed by atoms with E-state index in [0.717, 1.165) is 11.3 Å². The normalized spacial score (nSPS) is 11.8. The van der Waals surface area contributed by atoms with Gasteiger partial charge in [0.2, 0.25) is 0 Å². The van der Waals surface area contributed by atoms with Gasteiger partial charge in [-0.2, -0.15) is 5.10 Å². The molecule has 0 atom stereocenters. The van der Waals surface area contributed by atoms with Gasteiger partial charge in [0.05, 0.1) is 5.69 Å². The number of hydrogen-bond donors (Lipinski definition) is 1. The fourth-order valence-corrected chi connectivity index (χ4v) is 1.59. The Hall–Kier alpha value is -1.75. The van der Waals surface area contributed by atoms with E-state index in [1.807, 2.05) is 6.07 Å². The van der Waals surface area contributed by atoms with E-state index in [1.165, 1.54) is 0 Å². The molecule has 0 aromatic carbocycles. The van der Waals surface area contributed by atoms with Crippen LogP contribution in [0.4, 0.5) is 0 Å². The molecule has 5 heteroatoms. The summed E-state index contributed by atoms with van der Waals surface area (Å²) in [5.41, 5.74) is 7.52. The lowest BCUT2D eigenvalue weighted by Crippen LogP contribution is -2.19. The standard InChI is InChI=1S/C12H17N5/c1-12(2,3)10-4-5-16-17(10)11-14-7-9(6-13)8-15-11/h4-5,7-8H,6,13H2,1-3H3. The van der Waals surface area contributed by atoms with E-state index >= 15 is 0 Å². The number of hydrogen-bond acceptors (Lipinski definition) is 4. The van der Waals surface area contributed by atoms with Gasteiger partial charge in [0.1, 0.15) is 0 Å². The molecule has 0 bridgehead atoms. The van der Waals surface area contributed by atoms with Crippen LogP contribution in [0.2, 0.25) is 0 Å². The van der Waals surface area contributed by atoms with Crippen molar-refractivity contribution in [2.24, 2.45) is 5.73 Å². The van der Waals surface area contributed by atoms with E-state index in [4.69, 9.17) is 5.73 Å². The quantitative estimate of drug-likeness (QED) is 0.848. The van der Waals surface area contributed by atoms with Gasteiger partial charge in [-0.1, -0.05) is 20.8 Å². The van der Waals surface area contributed by atoms with Crippen LogP contribution >= 0.6 is 0 Å². The highest BCUT2D eigenvalue weighted by Gasteiger charge is 2.20. The summed E-state index contributed by atoms with van der Waals surface area (Å²) in [6.45, 7) is 6.85. The third-order valence-corrected chi connectivity index (χ3v) is 2.53.